The molecule has 88 valence electrons. The molecule has 1 aromatic rings. The first kappa shape index (κ1) is 12.5. The van der Waals surface area contributed by atoms with Gasteiger partial charge in [0.2, 0.25) is 0 Å². The van der Waals surface area contributed by atoms with Gasteiger partial charge in [-0.25, -0.2) is 4.79 Å². The zero-order valence-corrected chi connectivity index (χ0v) is 9.65. The van der Waals surface area contributed by atoms with Crippen molar-refractivity contribution in [2.75, 3.05) is 7.11 Å². The van der Waals surface area contributed by atoms with Crippen LogP contribution in [0.4, 0.5) is 0 Å². The van der Waals surface area contributed by atoms with Crippen LogP contribution in [0, 0.1) is 6.92 Å². The van der Waals surface area contributed by atoms with Crippen molar-refractivity contribution in [2.24, 2.45) is 0 Å². The van der Waals surface area contributed by atoms with Crippen molar-refractivity contribution >= 4 is 5.97 Å². The number of hydrogen-bond acceptors (Lipinski definition) is 3. The van der Waals surface area contributed by atoms with E-state index in [0.29, 0.717) is 11.3 Å². The predicted molar refractivity (Wildman–Crippen MR) is 59.7 cm³/mol. The summed E-state index contributed by atoms with van der Waals surface area (Å²) in [4.78, 5) is 10.8. The van der Waals surface area contributed by atoms with E-state index in [1.165, 1.54) is 14.0 Å². The molecule has 0 fully saturated rings. The van der Waals surface area contributed by atoms with Crippen LogP contribution in [-0.4, -0.2) is 28.9 Å². The molecular weight excluding hydrogens is 208 g/mol. The molecule has 0 bridgehead atoms. The number of carboxylic acid groups (broad SMARTS) is 1. The number of carboxylic acids is 1. The summed E-state index contributed by atoms with van der Waals surface area (Å²) in [5.74, 6) is -0.642. The maximum absolute atomic E-state index is 10.8. The lowest BCUT2D eigenvalue weighted by Gasteiger charge is -2.19. The third-order valence-electron chi connectivity index (χ3n) is 2.44. The molecule has 0 aliphatic heterocycles. The van der Waals surface area contributed by atoms with Crippen molar-refractivity contribution in [3.05, 3.63) is 29.3 Å². The second-order valence-electron chi connectivity index (χ2n) is 4.07. The van der Waals surface area contributed by atoms with Crippen LogP contribution in [-0.2, 0) is 11.2 Å². The molecule has 0 aliphatic rings. The molecule has 16 heavy (non-hydrogen) atoms. The van der Waals surface area contributed by atoms with E-state index in [-0.39, 0.29) is 6.42 Å². The lowest BCUT2D eigenvalue weighted by atomic mass is 9.95. The molecule has 0 saturated carbocycles. The van der Waals surface area contributed by atoms with Gasteiger partial charge in [-0.2, -0.15) is 0 Å². The minimum atomic E-state index is -1.78. The Bertz CT molecular complexity index is 396. The van der Waals surface area contributed by atoms with E-state index in [4.69, 9.17) is 9.84 Å². The molecule has 4 nitrogen and oxygen atoms in total. The Labute approximate surface area is 94.5 Å². The topological polar surface area (TPSA) is 66.8 Å². The molecule has 1 atom stereocenters. The molecule has 0 heterocycles. The normalized spacial score (nSPS) is 14.2. The Hall–Kier alpha value is -1.55. The number of aliphatic carboxylic acids is 1. The minimum Gasteiger partial charge on any atom is -0.496 e. The number of methoxy groups -OCH3 is 1. The molecule has 4 heteroatoms. The highest BCUT2D eigenvalue weighted by molar-refractivity contribution is 5.77. The number of hydrogen-bond donors (Lipinski definition) is 2. The lowest BCUT2D eigenvalue weighted by molar-refractivity contribution is -0.156. The van der Waals surface area contributed by atoms with Crippen molar-refractivity contribution in [2.45, 2.75) is 25.9 Å². The molecule has 1 unspecified atom stereocenters. The van der Waals surface area contributed by atoms with Crippen molar-refractivity contribution in [1.82, 2.24) is 0 Å². The van der Waals surface area contributed by atoms with Crippen molar-refractivity contribution in [3.8, 4) is 5.75 Å². The van der Waals surface area contributed by atoms with Gasteiger partial charge in [0, 0.05) is 6.42 Å². The first-order chi connectivity index (χ1) is 7.36. The van der Waals surface area contributed by atoms with Gasteiger partial charge in [-0.15, -0.1) is 0 Å². The molecule has 1 rings (SSSR count). The van der Waals surface area contributed by atoms with Crippen LogP contribution < -0.4 is 4.74 Å². The van der Waals surface area contributed by atoms with Crippen molar-refractivity contribution in [3.63, 3.8) is 0 Å². The van der Waals surface area contributed by atoms with Crippen LogP contribution in [0.1, 0.15) is 18.1 Å². The smallest absolute Gasteiger partial charge is 0.335 e. The SMILES string of the molecule is COc1cc(C)ccc1CC(C)(O)C(=O)O. The molecule has 0 radical (unpaired) electrons. The fraction of sp³-hybridized carbons (Fsp3) is 0.417. The van der Waals surface area contributed by atoms with Gasteiger partial charge >= 0.3 is 5.97 Å². The standard InChI is InChI=1S/C12H16O4/c1-8-4-5-9(10(6-8)16-3)7-12(2,15)11(13)14/h4-6,15H,7H2,1-3H3,(H,13,14). The average molecular weight is 224 g/mol. The van der Waals surface area contributed by atoms with Gasteiger partial charge < -0.3 is 14.9 Å². The van der Waals surface area contributed by atoms with Crippen LogP contribution in [0.15, 0.2) is 18.2 Å². The zero-order valence-electron chi connectivity index (χ0n) is 9.65. The number of aryl methyl sites for hydroxylation is 1. The number of carbonyl (C=O) groups is 1. The van der Waals surface area contributed by atoms with E-state index < -0.39 is 11.6 Å². The second kappa shape index (κ2) is 4.53. The number of aliphatic hydroxyl groups is 1. The Morgan fingerprint density at radius 1 is 1.50 bits per heavy atom. The monoisotopic (exact) mass is 224 g/mol. The largest absolute Gasteiger partial charge is 0.496 e. The average Bonchev–Trinajstić information content (AvgIpc) is 2.20. The van der Waals surface area contributed by atoms with Gasteiger partial charge in [0.25, 0.3) is 0 Å². The summed E-state index contributed by atoms with van der Waals surface area (Å²) in [6.07, 6.45) is 0.0196. The van der Waals surface area contributed by atoms with Gasteiger partial charge in [-0.1, -0.05) is 12.1 Å². The lowest BCUT2D eigenvalue weighted by Crippen LogP contribution is -2.37. The second-order valence-corrected chi connectivity index (χ2v) is 4.07. The summed E-state index contributed by atoms with van der Waals surface area (Å²) < 4.78 is 5.15. The van der Waals surface area contributed by atoms with Gasteiger partial charge in [0.1, 0.15) is 5.75 Å². The van der Waals surface area contributed by atoms with Crippen LogP contribution in [0.25, 0.3) is 0 Å². The molecule has 0 aromatic heterocycles. The third kappa shape index (κ3) is 2.73. The maximum Gasteiger partial charge on any atom is 0.335 e. The highest BCUT2D eigenvalue weighted by Crippen LogP contribution is 2.24. The van der Waals surface area contributed by atoms with Gasteiger partial charge in [-0.05, 0) is 31.0 Å². The molecule has 0 aliphatic carbocycles. The summed E-state index contributed by atoms with van der Waals surface area (Å²) >= 11 is 0. The fourth-order valence-corrected chi connectivity index (χ4v) is 1.44. The van der Waals surface area contributed by atoms with Crippen LogP contribution >= 0.6 is 0 Å². The number of benzene rings is 1. The van der Waals surface area contributed by atoms with E-state index in [1.807, 2.05) is 19.1 Å². The minimum absolute atomic E-state index is 0.0196. The van der Waals surface area contributed by atoms with E-state index in [9.17, 15) is 9.90 Å². The van der Waals surface area contributed by atoms with Gasteiger partial charge in [0.15, 0.2) is 5.60 Å². The van der Waals surface area contributed by atoms with Crippen LogP contribution in [0.2, 0.25) is 0 Å². The van der Waals surface area contributed by atoms with Gasteiger partial charge in [0.05, 0.1) is 7.11 Å². The quantitative estimate of drug-likeness (QED) is 0.810. The Morgan fingerprint density at radius 2 is 2.12 bits per heavy atom. The fourth-order valence-electron chi connectivity index (χ4n) is 1.44. The molecule has 0 amide bonds. The molecule has 2 N–H and O–H groups in total. The predicted octanol–water partition coefficient (Wildman–Crippen LogP) is 1.38. The van der Waals surface area contributed by atoms with E-state index in [0.717, 1.165) is 5.56 Å². The van der Waals surface area contributed by atoms with E-state index in [2.05, 4.69) is 0 Å². The summed E-state index contributed by atoms with van der Waals surface area (Å²) in [6, 6.07) is 5.44. The van der Waals surface area contributed by atoms with Gasteiger partial charge in [-0.3, -0.25) is 0 Å². The summed E-state index contributed by atoms with van der Waals surface area (Å²) in [7, 11) is 1.52. The summed E-state index contributed by atoms with van der Waals surface area (Å²) in [5.41, 5.74) is -0.0706. The summed E-state index contributed by atoms with van der Waals surface area (Å²) in [5, 5.41) is 18.5. The van der Waals surface area contributed by atoms with Crippen molar-refractivity contribution in [1.29, 1.82) is 0 Å². The number of rotatable bonds is 4. The zero-order chi connectivity index (χ0) is 12.3. The van der Waals surface area contributed by atoms with Crippen LogP contribution in [0.3, 0.4) is 0 Å². The van der Waals surface area contributed by atoms with Crippen molar-refractivity contribution < 1.29 is 19.7 Å². The Kier molecular flexibility index (Phi) is 3.55. The Balaban J connectivity index is 3.01. The molecule has 0 saturated heterocycles. The van der Waals surface area contributed by atoms with E-state index >= 15 is 0 Å². The highest BCUT2D eigenvalue weighted by Gasteiger charge is 2.31. The number of ether oxygens (including phenoxy) is 1. The summed E-state index contributed by atoms with van der Waals surface area (Å²) in [6.45, 7) is 3.19. The molecule has 0 spiro atoms. The van der Waals surface area contributed by atoms with E-state index in [1.54, 1.807) is 6.07 Å². The maximum atomic E-state index is 10.8. The molecule has 1 aromatic carbocycles. The first-order valence-corrected chi connectivity index (χ1v) is 4.96. The van der Waals surface area contributed by atoms with Crippen LogP contribution in [0.5, 0.6) is 5.75 Å². The highest BCUT2D eigenvalue weighted by atomic mass is 16.5. The molecular formula is C12H16O4. The Morgan fingerprint density at radius 3 is 2.62 bits per heavy atom. The first-order valence-electron chi connectivity index (χ1n) is 4.96. The third-order valence-corrected chi connectivity index (χ3v) is 2.44.